The molecule has 10 heteroatoms. The number of H-pyrrole nitrogens is 1. The Kier molecular flexibility index (Phi) is 4.86. The summed E-state index contributed by atoms with van der Waals surface area (Å²) >= 11 is 0.745. The van der Waals surface area contributed by atoms with Gasteiger partial charge in [0.2, 0.25) is 5.91 Å². The summed E-state index contributed by atoms with van der Waals surface area (Å²) in [6.45, 7) is 2.83. The van der Waals surface area contributed by atoms with E-state index in [1.54, 1.807) is 0 Å². The van der Waals surface area contributed by atoms with Gasteiger partial charge in [-0.1, -0.05) is 11.8 Å². The number of thioether (sulfide) groups is 1. The molecular weight excluding hydrogens is 288 g/mol. The van der Waals surface area contributed by atoms with Crippen molar-refractivity contribution in [3.63, 3.8) is 0 Å². The van der Waals surface area contributed by atoms with Crippen molar-refractivity contribution in [2.24, 2.45) is 5.73 Å². The number of carbonyl (C=O) groups is 3. The molecule has 1 rings (SSSR count). The third-order valence-electron chi connectivity index (χ3n) is 2.20. The molecule has 0 aromatic carbocycles. The van der Waals surface area contributed by atoms with E-state index in [-0.39, 0.29) is 16.3 Å². The van der Waals surface area contributed by atoms with Gasteiger partial charge in [0.15, 0.2) is 0 Å². The molecule has 0 radical (unpaired) electrons. The molecule has 0 saturated carbocycles. The number of carboxylic acids is 1. The molecule has 3 amide bonds. The number of urea groups is 1. The number of hydrogen-bond acceptors (Lipinski definition) is 6. The molecule has 0 spiro atoms. The molecule has 1 aromatic heterocycles. The summed E-state index contributed by atoms with van der Waals surface area (Å²) in [5.74, 6) is -1.99. The van der Waals surface area contributed by atoms with Crippen molar-refractivity contribution < 1.29 is 19.5 Å². The average molecular weight is 300 g/mol. The number of nitrogens with zero attached hydrogens (tertiary/aromatic N) is 1. The van der Waals surface area contributed by atoms with Gasteiger partial charge in [-0.3, -0.25) is 10.1 Å². The summed E-state index contributed by atoms with van der Waals surface area (Å²) in [5, 5.41) is 9.98. The lowest BCUT2D eigenvalue weighted by atomic mass is 10.2. The van der Waals surface area contributed by atoms with Crippen molar-refractivity contribution in [3.8, 4) is 0 Å². The Balaban J connectivity index is 3.08. The third-order valence-corrected chi connectivity index (χ3v) is 3.29. The molecule has 0 fully saturated rings. The van der Waals surface area contributed by atoms with Crippen molar-refractivity contribution in [2.75, 3.05) is 0 Å². The molecule has 0 aliphatic heterocycles. The minimum absolute atomic E-state index is 0.106. The molecular formula is C10H12N4O5S. The average Bonchev–Trinajstić information content (AvgIpc) is 2.25. The van der Waals surface area contributed by atoms with Crippen LogP contribution in [0.2, 0.25) is 0 Å². The Bertz CT molecular complexity index is 627. The van der Waals surface area contributed by atoms with Crippen LogP contribution in [0.25, 0.3) is 0 Å². The second kappa shape index (κ2) is 6.19. The largest absolute Gasteiger partial charge is 0.478 e. The smallest absolute Gasteiger partial charge is 0.346 e. The van der Waals surface area contributed by atoms with E-state index >= 15 is 0 Å². The fraction of sp³-hybridized carbons (Fsp3) is 0.300. The van der Waals surface area contributed by atoms with Crippen LogP contribution in [0.3, 0.4) is 0 Å². The van der Waals surface area contributed by atoms with Gasteiger partial charge in [0.25, 0.3) is 0 Å². The maximum Gasteiger partial charge on any atom is 0.346 e. The number of hydrogen-bond donors (Lipinski definition) is 4. The quantitative estimate of drug-likeness (QED) is 0.429. The highest BCUT2D eigenvalue weighted by molar-refractivity contribution is 8.00. The molecule has 20 heavy (non-hydrogen) atoms. The molecule has 0 aliphatic carbocycles. The van der Waals surface area contributed by atoms with Crippen molar-refractivity contribution in [3.05, 3.63) is 21.7 Å². The summed E-state index contributed by atoms with van der Waals surface area (Å²) in [6, 6.07) is -1.02. The van der Waals surface area contributed by atoms with Crippen molar-refractivity contribution in [2.45, 2.75) is 24.1 Å². The van der Waals surface area contributed by atoms with Gasteiger partial charge < -0.3 is 15.8 Å². The molecule has 9 nitrogen and oxygen atoms in total. The van der Waals surface area contributed by atoms with Crippen LogP contribution >= 0.6 is 11.8 Å². The lowest BCUT2D eigenvalue weighted by Crippen LogP contribution is -2.39. The minimum Gasteiger partial charge on any atom is -0.478 e. The second-order valence-corrected chi connectivity index (χ2v) is 5.10. The number of primary amides is 1. The maximum absolute atomic E-state index is 11.5. The standard InChI is InChI=1S/C10H12N4O5S/c1-3-5(8(16)17)7(14-10(19)12-3)20-4(2)6(15)13-9(11)18/h4H,1-2H3,(H,16,17)(H,12,14,19)(H3,11,13,15,18). The van der Waals surface area contributed by atoms with Gasteiger partial charge in [-0.2, -0.15) is 4.98 Å². The highest BCUT2D eigenvalue weighted by atomic mass is 32.2. The Morgan fingerprint density at radius 3 is 2.55 bits per heavy atom. The van der Waals surface area contributed by atoms with Gasteiger partial charge >= 0.3 is 17.7 Å². The van der Waals surface area contributed by atoms with Crippen LogP contribution < -0.4 is 16.7 Å². The molecule has 1 unspecified atom stereocenters. The Labute approximate surface area is 117 Å². The molecule has 0 saturated heterocycles. The van der Waals surface area contributed by atoms with E-state index < -0.39 is 28.8 Å². The summed E-state index contributed by atoms with van der Waals surface area (Å²) in [5.41, 5.74) is 4.01. The minimum atomic E-state index is -1.28. The second-order valence-electron chi connectivity index (χ2n) is 3.77. The van der Waals surface area contributed by atoms with Crippen molar-refractivity contribution in [1.82, 2.24) is 15.3 Å². The van der Waals surface area contributed by atoms with Gasteiger partial charge in [-0.15, -0.1) is 0 Å². The molecule has 0 bridgehead atoms. The van der Waals surface area contributed by atoms with E-state index in [1.165, 1.54) is 13.8 Å². The first-order valence-electron chi connectivity index (χ1n) is 5.33. The first kappa shape index (κ1) is 15.7. The van der Waals surface area contributed by atoms with Gasteiger partial charge in [0.05, 0.1) is 5.25 Å². The van der Waals surface area contributed by atoms with E-state index in [0.29, 0.717) is 0 Å². The highest BCUT2D eigenvalue weighted by Gasteiger charge is 2.22. The summed E-state index contributed by atoms with van der Waals surface area (Å²) in [6.07, 6.45) is 0. The van der Waals surface area contributed by atoms with Crippen LogP contribution in [-0.4, -0.2) is 38.2 Å². The maximum atomic E-state index is 11.5. The molecule has 1 heterocycles. The SMILES string of the molecule is Cc1[nH]c(=O)nc(SC(C)C(=O)NC(N)=O)c1C(=O)O. The summed E-state index contributed by atoms with van der Waals surface area (Å²) < 4.78 is 0. The Morgan fingerprint density at radius 1 is 1.45 bits per heavy atom. The van der Waals surface area contributed by atoms with E-state index in [9.17, 15) is 19.2 Å². The van der Waals surface area contributed by atoms with Crippen LogP contribution in [0.1, 0.15) is 23.0 Å². The molecule has 5 N–H and O–H groups in total. The van der Waals surface area contributed by atoms with Crippen molar-refractivity contribution in [1.29, 1.82) is 0 Å². The van der Waals surface area contributed by atoms with E-state index in [2.05, 4.69) is 9.97 Å². The zero-order valence-electron chi connectivity index (χ0n) is 10.6. The van der Waals surface area contributed by atoms with Crippen LogP contribution in [0.15, 0.2) is 9.82 Å². The van der Waals surface area contributed by atoms with Gasteiger partial charge in [0.1, 0.15) is 10.6 Å². The van der Waals surface area contributed by atoms with Crippen LogP contribution in [0.5, 0.6) is 0 Å². The summed E-state index contributed by atoms with van der Waals surface area (Å²) in [4.78, 5) is 50.3. The number of imide groups is 1. The van der Waals surface area contributed by atoms with Crippen LogP contribution in [0, 0.1) is 6.92 Å². The Hall–Kier alpha value is -2.36. The van der Waals surface area contributed by atoms with Gasteiger partial charge in [0, 0.05) is 5.69 Å². The third kappa shape index (κ3) is 3.82. The lowest BCUT2D eigenvalue weighted by Gasteiger charge is -2.11. The lowest BCUT2D eigenvalue weighted by molar-refractivity contribution is -0.119. The van der Waals surface area contributed by atoms with Crippen molar-refractivity contribution >= 4 is 29.7 Å². The monoisotopic (exact) mass is 300 g/mol. The normalized spacial score (nSPS) is 11.7. The fourth-order valence-corrected chi connectivity index (χ4v) is 2.34. The van der Waals surface area contributed by atoms with Crippen LogP contribution in [0.4, 0.5) is 4.79 Å². The van der Waals surface area contributed by atoms with E-state index in [4.69, 9.17) is 10.8 Å². The number of nitrogens with two attached hydrogens (primary N) is 1. The number of amides is 3. The van der Waals surface area contributed by atoms with Gasteiger partial charge in [-0.25, -0.2) is 14.4 Å². The zero-order valence-corrected chi connectivity index (χ0v) is 11.4. The number of carboxylic acid groups (broad SMARTS) is 1. The van der Waals surface area contributed by atoms with Crippen LogP contribution in [-0.2, 0) is 4.79 Å². The highest BCUT2D eigenvalue weighted by Crippen LogP contribution is 2.25. The summed E-state index contributed by atoms with van der Waals surface area (Å²) in [7, 11) is 0. The first-order chi connectivity index (χ1) is 9.22. The number of rotatable bonds is 4. The molecule has 1 aromatic rings. The Morgan fingerprint density at radius 2 is 2.05 bits per heavy atom. The molecule has 108 valence electrons. The topological polar surface area (TPSA) is 155 Å². The fourth-order valence-electron chi connectivity index (χ4n) is 1.34. The van der Waals surface area contributed by atoms with E-state index in [0.717, 1.165) is 11.8 Å². The number of aryl methyl sites for hydroxylation is 1. The number of aromatic amines is 1. The van der Waals surface area contributed by atoms with Gasteiger partial charge in [-0.05, 0) is 13.8 Å². The number of nitrogens with one attached hydrogen (secondary N) is 2. The molecule has 0 aliphatic rings. The van der Waals surface area contributed by atoms with E-state index in [1.807, 2.05) is 5.32 Å². The number of aromatic nitrogens is 2. The predicted molar refractivity (Wildman–Crippen MR) is 69.6 cm³/mol. The zero-order chi connectivity index (χ0) is 15.4. The predicted octanol–water partition coefficient (Wildman–Crippen LogP) is -0.548. The number of aromatic carboxylic acids is 1. The first-order valence-corrected chi connectivity index (χ1v) is 6.21. The number of carbonyl (C=O) groups excluding carboxylic acids is 2. The molecule has 1 atom stereocenters.